The van der Waals surface area contributed by atoms with Gasteiger partial charge >= 0.3 is 0 Å². The van der Waals surface area contributed by atoms with Crippen molar-refractivity contribution in [3.63, 3.8) is 0 Å². The number of aryl methyl sites for hydroxylation is 2. The predicted molar refractivity (Wildman–Crippen MR) is 92.4 cm³/mol. The zero-order valence-corrected chi connectivity index (χ0v) is 15.2. The molecule has 5 nitrogen and oxygen atoms in total. The molecule has 0 spiro atoms. The summed E-state index contributed by atoms with van der Waals surface area (Å²) in [4.78, 5) is 2.47. The van der Waals surface area contributed by atoms with E-state index in [1.54, 1.807) is 0 Å². The van der Waals surface area contributed by atoms with Crippen LogP contribution in [0.5, 0.6) is 5.75 Å². The molecule has 0 bridgehead atoms. The SMILES string of the molecule is Cc1cc(CN2CC(C)O[C@@H](C)C2)cc(C)c1OCC1OCCO1. The molecule has 5 heteroatoms. The summed E-state index contributed by atoms with van der Waals surface area (Å²) in [6.07, 6.45) is 0.356. The molecule has 24 heavy (non-hydrogen) atoms. The summed E-state index contributed by atoms with van der Waals surface area (Å²) in [5.74, 6) is 0.946. The Balaban J connectivity index is 1.63. The molecule has 1 aromatic rings. The Morgan fingerprint density at radius 1 is 1.04 bits per heavy atom. The van der Waals surface area contributed by atoms with E-state index in [9.17, 15) is 0 Å². The molecule has 2 fully saturated rings. The second-order valence-electron chi connectivity index (χ2n) is 6.99. The van der Waals surface area contributed by atoms with Crippen LogP contribution in [-0.4, -0.2) is 56.3 Å². The number of ether oxygens (including phenoxy) is 4. The van der Waals surface area contributed by atoms with Crippen LogP contribution in [0.2, 0.25) is 0 Å². The lowest BCUT2D eigenvalue weighted by molar-refractivity contribution is -0.0705. The Labute approximate surface area is 144 Å². The summed E-state index contributed by atoms with van der Waals surface area (Å²) >= 11 is 0. The second kappa shape index (κ2) is 7.83. The molecule has 0 saturated carbocycles. The fraction of sp³-hybridized carbons (Fsp3) is 0.684. The standard InChI is InChI=1S/C19H29NO4/c1-13-7-17(11-20-9-15(3)24-16(4)10-20)8-14(2)19(13)23-12-18-21-5-6-22-18/h7-8,15-16,18H,5-6,9-12H2,1-4H3/t15-,16?/m0/s1. The molecule has 0 radical (unpaired) electrons. The fourth-order valence-electron chi connectivity index (χ4n) is 3.69. The minimum Gasteiger partial charge on any atom is -0.488 e. The molecule has 2 aliphatic rings. The first-order valence-electron chi connectivity index (χ1n) is 8.85. The van der Waals surface area contributed by atoms with Crippen molar-refractivity contribution in [1.29, 1.82) is 0 Å². The van der Waals surface area contributed by atoms with E-state index in [0.29, 0.717) is 32.0 Å². The zero-order valence-electron chi connectivity index (χ0n) is 15.2. The van der Waals surface area contributed by atoms with Crippen molar-refractivity contribution in [3.8, 4) is 5.75 Å². The van der Waals surface area contributed by atoms with Gasteiger partial charge in [-0.2, -0.15) is 0 Å². The highest BCUT2D eigenvalue weighted by Gasteiger charge is 2.23. The van der Waals surface area contributed by atoms with Crippen LogP contribution in [0.1, 0.15) is 30.5 Å². The maximum absolute atomic E-state index is 5.95. The number of rotatable bonds is 5. The van der Waals surface area contributed by atoms with E-state index in [1.807, 2.05) is 0 Å². The largest absolute Gasteiger partial charge is 0.488 e. The van der Waals surface area contributed by atoms with E-state index >= 15 is 0 Å². The molecule has 0 aromatic heterocycles. The lowest BCUT2D eigenvalue weighted by Gasteiger charge is -2.35. The van der Waals surface area contributed by atoms with Gasteiger partial charge in [-0.25, -0.2) is 0 Å². The maximum atomic E-state index is 5.95. The van der Waals surface area contributed by atoms with Crippen molar-refractivity contribution >= 4 is 0 Å². The highest BCUT2D eigenvalue weighted by molar-refractivity contribution is 5.43. The van der Waals surface area contributed by atoms with Gasteiger partial charge in [-0.15, -0.1) is 0 Å². The van der Waals surface area contributed by atoms with Crippen molar-refractivity contribution in [2.75, 3.05) is 32.9 Å². The number of hydrogen-bond acceptors (Lipinski definition) is 5. The predicted octanol–water partition coefficient (Wildman–Crippen LogP) is 2.66. The Morgan fingerprint density at radius 3 is 2.21 bits per heavy atom. The van der Waals surface area contributed by atoms with Crippen LogP contribution in [0.3, 0.4) is 0 Å². The number of morpholine rings is 1. The Hall–Kier alpha value is -1.14. The Bertz CT molecular complexity index is 523. The third-order valence-corrected chi connectivity index (χ3v) is 4.48. The summed E-state index contributed by atoms with van der Waals surface area (Å²) < 4.78 is 22.6. The molecule has 0 aliphatic carbocycles. The maximum Gasteiger partial charge on any atom is 0.191 e. The van der Waals surface area contributed by atoms with Crippen molar-refractivity contribution in [1.82, 2.24) is 4.90 Å². The van der Waals surface area contributed by atoms with Gasteiger partial charge in [-0.05, 0) is 44.4 Å². The van der Waals surface area contributed by atoms with Crippen molar-refractivity contribution in [2.24, 2.45) is 0 Å². The summed E-state index contributed by atoms with van der Waals surface area (Å²) in [5.41, 5.74) is 3.65. The van der Waals surface area contributed by atoms with Crippen LogP contribution in [0.25, 0.3) is 0 Å². The summed E-state index contributed by atoms with van der Waals surface area (Å²) in [7, 11) is 0. The average Bonchev–Trinajstić information content (AvgIpc) is 2.98. The van der Waals surface area contributed by atoms with Crippen LogP contribution < -0.4 is 4.74 Å². The van der Waals surface area contributed by atoms with Gasteiger partial charge in [0.1, 0.15) is 12.4 Å². The normalized spacial score (nSPS) is 26.0. The monoisotopic (exact) mass is 335 g/mol. The molecule has 1 aromatic carbocycles. The highest BCUT2D eigenvalue weighted by atomic mass is 16.7. The molecule has 2 aliphatic heterocycles. The molecular formula is C19H29NO4. The van der Waals surface area contributed by atoms with Crippen LogP contribution in [0.15, 0.2) is 12.1 Å². The lowest BCUT2D eigenvalue weighted by Crippen LogP contribution is -2.44. The first kappa shape index (κ1) is 17.7. The van der Waals surface area contributed by atoms with Gasteiger partial charge in [0.25, 0.3) is 0 Å². The van der Waals surface area contributed by atoms with E-state index in [1.165, 1.54) is 5.56 Å². The Kier molecular flexibility index (Phi) is 5.76. The van der Waals surface area contributed by atoms with E-state index in [2.05, 4.69) is 44.7 Å². The quantitative estimate of drug-likeness (QED) is 0.827. The summed E-state index contributed by atoms with van der Waals surface area (Å²) in [6, 6.07) is 4.45. The van der Waals surface area contributed by atoms with Gasteiger partial charge < -0.3 is 18.9 Å². The van der Waals surface area contributed by atoms with Crippen LogP contribution in [0, 0.1) is 13.8 Å². The molecule has 2 saturated heterocycles. The number of benzene rings is 1. The molecular weight excluding hydrogens is 306 g/mol. The van der Waals surface area contributed by atoms with E-state index in [-0.39, 0.29) is 6.29 Å². The van der Waals surface area contributed by atoms with Gasteiger partial charge in [0.2, 0.25) is 0 Å². The summed E-state index contributed by atoms with van der Waals surface area (Å²) in [6.45, 7) is 13.2. The van der Waals surface area contributed by atoms with Crippen molar-refractivity contribution < 1.29 is 18.9 Å². The number of hydrogen-bond donors (Lipinski definition) is 0. The average molecular weight is 335 g/mol. The minimum absolute atomic E-state index is 0.236. The minimum atomic E-state index is -0.236. The second-order valence-corrected chi connectivity index (χ2v) is 6.99. The first-order valence-corrected chi connectivity index (χ1v) is 8.85. The van der Waals surface area contributed by atoms with E-state index < -0.39 is 0 Å². The van der Waals surface area contributed by atoms with Gasteiger partial charge in [0.05, 0.1) is 25.4 Å². The third kappa shape index (κ3) is 4.48. The topological polar surface area (TPSA) is 40.2 Å². The highest BCUT2D eigenvalue weighted by Crippen LogP contribution is 2.26. The van der Waals surface area contributed by atoms with Crippen LogP contribution in [-0.2, 0) is 20.8 Å². The number of nitrogens with zero attached hydrogens (tertiary/aromatic N) is 1. The van der Waals surface area contributed by atoms with Gasteiger partial charge in [0, 0.05) is 19.6 Å². The van der Waals surface area contributed by atoms with Crippen LogP contribution >= 0.6 is 0 Å². The molecule has 2 atom stereocenters. The van der Waals surface area contributed by atoms with Gasteiger partial charge in [-0.1, -0.05) is 12.1 Å². The fourth-order valence-corrected chi connectivity index (χ4v) is 3.69. The molecule has 134 valence electrons. The van der Waals surface area contributed by atoms with Gasteiger partial charge in [-0.3, -0.25) is 4.90 Å². The van der Waals surface area contributed by atoms with Crippen molar-refractivity contribution in [3.05, 3.63) is 28.8 Å². The molecule has 0 amide bonds. The van der Waals surface area contributed by atoms with Gasteiger partial charge in [0.15, 0.2) is 6.29 Å². The lowest BCUT2D eigenvalue weighted by atomic mass is 10.0. The molecule has 1 unspecified atom stereocenters. The van der Waals surface area contributed by atoms with E-state index in [4.69, 9.17) is 18.9 Å². The van der Waals surface area contributed by atoms with E-state index in [0.717, 1.165) is 36.5 Å². The summed E-state index contributed by atoms with van der Waals surface area (Å²) in [5, 5.41) is 0. The zero-order chi connectivity index (χ0) is 17.1. The first-order chi connectivity index (χ1) is 11.5. The smallest absolute Gasteiger partial charge is 0.191 e. The molecule has 3 rings (SSSR count). The molecule has 2 heterocycles. The van der Waals surface area contributed by atoms with Crippen molar-refractivity contribution in [2.45, 2.75) is 52.7 Å². The Morgan fingerprint density at radius 2 is 1.62 bits per heavy atom. The molecule has 0 N–H and O–H groups in total. The third-order valence-electron chi connectivity index (χ3n) is 4.48. The van der Waals surface area contributed by atoms with Crippen LogP contribution in [0.4, 0.5) is 0 Å².